The van der Waals surface area contributed by atoms with Crippen LogP contribution in [0.15, 0.2) is 27.8 Å². The van der Waals surface area contributed by atoms with Gasteiger partial charge in [-0.1, -0.05) is 13.3 Å². The minimum Gasteiger partial charge on any atom is -0.468 e. The van der Waals surface area contributed by atoms with Crippen LogP contribution < -0.4 is 5.32 Å². The van der Waals surface area contributed by atoms with Gasteiger partial charge in [-0.05, 0) is 39.6 Å². The molecule has 0 radical (unpaired) electrons. The third-order valence-electron chi connectivity index (χ3n) is 3.45. The summed E-state index contributed by atoms with van der Waals surface area (Å²) in [5.41, 5.74) is 0. The molecule has 0 saturated carbocycles. The van der Waals surface area contributed by atoms with Gasteiger partial charge in [-0.2, -0.15) is 0 Å². The first-order valence-corrected chi connectivity index (χ1v) is 7.79. The van der Waals surface area contributed by atoms with Crippen LogP contribution in [0.4, 0.5) is 0 Å². The summed E-state index contributed by atoms with van der Waals surface area (Å²) in [4.78, 5) is 9.11. The first-order chi connectivity index (χ1) is 10.1. The molecular weight excluding hydrogens is 264 g/mol. The monoisotopic (exact) mass is 294 g/mol. The Kier molecular flexibility index (Phi) is 7.90. The second-order valence-corrected chi connectivity index (χ2v) is 5.46. The minimum atomic E-state index is 0.160. The molecule has 1 atom stereocenters. The SMILES string of the molecule is CCCCN(C)C(=NCC(c1ccco1)N(C)C)NCC. The fourth-order valence-corrected chi connectivity index (χ4v) is 2.13. The number of guanidine groups is 1. The van der Waals surface area contributed by atoms with Gasteiger partial charge in [0, 0.05) is 20.1 Å². The summed E-state index contributed by atoms with van der Waals surface area (Å²) in [5.74, 6) is 1.92. The second kappa shape index (κ2) is 9.45. The van der Waals surface area contributed by atoms with Crippen LogP contribution in [0, 0.1) is 0 Å². The van der Waals surface area contributed by atoms with Gasteiger partial charge in [-0.15, -0.1) is 0 Å². The normalized spacial score (nSPS) is 13.5. The van der Waals surface area contributed by atoms with E-state index in [1.165, 1.54) is 12.8 Å². The van der Waals surface area contributed by atoms with Crippen LogP contribution in [0.2, 0.25) is 0 Å². The third kappa shape index (κ3) is 5.79. The Morgan fingerprint density at radius 1 is 1.33 bits per heavy atom. The number of unbranched alkanes of at least 4 members (excludes halogenated alkanes) is 1. The van der Waals surface area contributed by atoms with Crippen LogP contribution >= 0.6 is 0 Å². The molecule has 0 aliphatic carbocycles. The lowest BCUT2D eigenvalue weighted by Crippen LogP contribution is -2.40. The Morgan fingerprint density at radius 3 is 2.62 bits per heavy atom. The highest BCUT2D eigenvalue weighted by molar-refractivity contribution is 5.79. The van der Waals surface area contributed by atoms with Crippen molar-refractivity contribution < 1.29 is 4.42 Å². The number of hydrogen-bond acceptors (Lipinski definition) is 3. The average Bonchev–Trinajstić information content (AvgIpc) is 2.97. The molecule has 0 spiro atoms. The Hall–Kier alpha value is -1.49. The number of nitrogens with one attached hydrogen (secondary N) is 1. The molecular formula is C16H30N4O. The Balaban J connectivity index is 2.74. The smallest absolute Gasteiger partial charge is 0.193 e. The molecule has 0 aliphatic heterocycles. The lowest BCUT2D eigenvalue weighted by Gasteiger charge is -2.24. The molecule has 1 rings (SSSR count). The molecule has 1 aromatic rings. The van der Waals surface area contributed by atoms with Gasteiger partial charge in [0.2, 0.25) is 0 Å². The molecule has 1 aromatic heterocycles. The zero-order chi connectivity index (χ0) is 15.7. The first-order valence-electron chi connectivity index (χ1n) is 7.79. The van der Waals surface area contributed by atoms with Gasteiger partial charge in [-0.3, -0.25) is 9.89 Å². The molecule has 0 aromatic carbocycles. The largest absolute Gasteiger partial charge is 0.468 e. The number of likely N-dealkylation sites (N-methyl/N-ethyl adjacent to an activating group) is 1. The topological polar surface area (TPSA) is 44.0 Å². The van der Waals surface area contributed by atoms with Crippen molar-refractivity contribution in [2.24, 2.45) is 4.99 Å². The number of aliphatic imine (C=N–C) groups is 1. The van der Waals surface area contributed by atoms with Crippen molar-refractivity contribution in [1.82, 2.24) is 15.1 Å². The quantitative estimate of drug-likeness (QED) is 0.591. The number of furan rings is 1. The summed E-state index contributed by atoms with van der Waals surface area (Å²) in [6, 6.07) is 4.09. The maximum Gasteiger partial charge on any atom is 0.193 e. The van der Waals surface area contributed by atoms with Gasteiger partial charge in [0.25, 0.3) is 0 Å². The molecule has 1 N–H and O–H groups in total. The van der Waals surface area contributed by atoms with Crippen molar-refractivity contribution in [3.63, 3.8) is 0 Å². The molecule has 5 nitrogen and oxygen atoms in total. The first kappa shape index (κ1) is 17.6. The third-order valence-corrected chi connectivity index (χ3v) is 3.45. The van der Waals surface area contributed by atoms with E-state index in [0.717, 1.165) is 24.8 Å². The molecule has 1 heterocycles. The Labute approximate surface area is 129 Å². The summed E-state index contributed by atoms with van der Waals surface area (Å²) < 4.78 is 5.53. The van der Waals surface area contributed by atoms with Crippen LogP contribution in [-0.4, -0.2) is 56.5 Å². The summed E-state index contributed by atoms with van der Waals surface area (Å²) in [5, 5.41) is 3.36. The van der Waals surface area contributed by atoms with Gasteiger partial charge < -0.3 is 14.6 Å². The average molecular weight is 294 g/mol. The maximum absolute atomic E-state index is 5.53. The van der Waals surface area contributed by atoms with E-state index < -0.39 is 0 Å². The van der Waals surface area contributed by atoms with Gasteiger partial charge in [0.1, 0.15) is 5.76 Å². The number of rotatable bonds is 8. The molecule has 0 saturated heterocycles. The number of nitrogens with zero attached hydrogens (tertiary/aromatic N) is 3. The highest BCUT2D eigenvalue weighted by Gasteiger charge is 2.17. The summed E-state index contributed by atoms with van der Waals surface area (Å²) in [7, 11) is 6.20. The fourth-order valence-electron chi connectivity index (χ4n) is 2.13. The van der Waals surface area contributed by atoms with Gasteiger partial charge in [0.05, 0.1) is 18.8 Å². The molecule has 0 aliphatic rings. The van der Waals surface area contributed by atoms with E-state index in [0.29, 0.717) is 6.54 Å². The van der Waals surface area contributed by atoms with E-state index in [1.807, 2.05) is 12.1 Å². The summed E-state index contributed by atoms with van der Waals surface area (Å²) >= 11 is 0. The highest BCUT2D eigenvalue weighted by Crippen LogP contribution is 2.18. The van der Waals surface area contributed by atoms with Crippen molar-refractivity contribution in [3.05, 3.63) is 24.2 Å². The van der Waals surface area contributed by atoms with E-state index in [4.69, 9.17) is 9.41 Å². The van der Waals surface area contributed by atoms with Gasteiger partial charge >= 0.3 is 0 Å². The molecule has 0 amide bonds. The number of hydrogen-bond donors (Lipinski definition) is 1. The van der Waals surface area contributed by atoms with E-state index in [1.54, 1.807) is 6.26 Å². The highest BCUT2D eigenvalue weighted by atomic mass is 16.3. The summed E-state index contributed by atoms with van der Waals surface area (Å²) in [6.07, 6.45) is 4.08. The van der Waals surface area contributed by atoms with Crippen LogP contribution in [0.3, 0.4) is 0 Å². The molecule has 5 heteroatoms. The lowest BCUT2D eigenvalue weighted by molar-refractivity contribution is 0.264. The van der Waals surface area contributed by atoms with Crippen molar-refractivity contribution in [2.45, 2.75) is 32.7 Å². The zero-order valence-electron chi connectivity index (χ0n) is 14.1. The fraction of sp³-hybridized carbons (Fsp3) is 0.688. The molecule has 21 heavy (non-hydrogen) atoms. The maximum atomic E-state index is 5.53. The van der Waals surface area contributed by atoms with Crippen molar-refractivity contribution >= 4 is 5.96 Å². The molecule has 0 bridgehead atoms. The Bertz CT molecular complexity index is 400. The van der Waals surface area contributed by atoms with Gasteiger partial charge in [-0.25, -0.2) is 0 Å². The summed E-state index contributed by atoms with van der Waals surface area (Å²) in [6.45, 7) is 6.88. The minimum absolute atomic E-state index is 0.160. The van der Waals surface area contributed by atoms with E-state index in [2.05, 4.69) is 50.1 Å². The molecule has 1 unspecified atom stereocenters. The van der Waals surface area contributed by atoms with Crippen LogP contribution in [0.1, 0.15) is 38.5 Å². The van der Waals surface area contributed by atoms with Crippen LogP contribution in [-0.2, 0) is 0 Å². The standard InChI is InChI=1S/C16H30N4O/c1-6-8-11-20(5)16(17-7-2)18-13-14(19(3)4)15-10-9-12-21-15/h9-10,12,14H,6-8,11,13H2,1-5H3,(H,17,18). The van der Waals surface area contributed by atoms with E-state index in [-0.39, 0.29) is 6.04 Å². The van der Waals surface area contributed by atoms with Crippen molar-refractivity contribution in [2.75, 3.05) is 40.8 Å². The molecule has 0 fully saturated rings. The van der Waals surface area contributed by atoms with Crippen LogP contribution in [0.25, 0.3) is 0 Å². The van der Waals surface area contributed by atoms with Gasteiger partial charge in [0.15, 0.2) is 5.96 Å². The predicted molar refractivity (Wildman–Crippen MR) is 88.7 cm³/mol. The van der Waals surface area contributed by atoms with Crippen LogP contribution in [0.5, 0.6) is 0 Å². The zero-order valence-corrected chi connectivity index (χ0v) is 14.1. The van der Waals surface area contributed by atoms with E-state index in [9.17, 15) is 0 Å². The second-order valence-electron chi connectivity index (χ2n) is 5.46. The lowest BCUT2D eigenvalue weighted by atomic mass is 10.2. The Morgan fingerprint density at radius 2 is 2.10 bits per heavy atom. The predicted octanol–water partition coefficient (Wildman–Crippen LogP) is 2.58. The molecule has 120 valence electrons. The van der Waals surface area contributed by atoms with Crippen molar-refractivity contribution in [3.8, 4) is 0 Å². The van der Waals surface area contributed by atoms with Crippen molar-refractivity contribution in [1.29, 1.82) is 0 Å². The van der Waals surface area contributed by atoms with E-state index >= 15 is 0 Å².